The molecule has 5 nitrogen and oxygen atoms in total. The van der Waals surface area contributed by atoms with Crippen LogP contribution in [-0.2, 0) is 13.0 Å². The smallest absolute Gasteiger partial charge is 0.393 e. The lowest BCUT2D eigenvalue weighted by Crippen LogP contribution is -2.38. The number of halogens is 3. The number of rotatable bonds is 5. The molecule has 154 valence electrons. The molecule has 0 saturated carbocycles. The fourth-order valence-corrected chi connectivity index (χ4v) is 4.68. The van der Waals surface area contributed by atoms with Gasteiger partial charge in [0.25, 0.3) is 0 Å². The van der Waals surface area contributed by atoms with Gasteiger partial charge in [0.2, 0.25) is 0 Å². The lowest BCUT2D eigenvalue weighted by atomic mass is 10.0. The molecule has 2 aromatic heterocycles. The van der Waals surface area contributed by atoms with E-state index in [1.807, 2.05) is 24.3 Å². The van der Waals surface area contributed by atoms with E-state index >= 15 is 0 Å². The minimum atomic E-state index is -4.23. The minimum Gasteiger partial charge on any atom is -0.398 e. The lowest BCUT2D eigenvalue weighted by Gasteiger charge is -2.32. The van der Waals surface area contributed by atoms with Gasteiger partial charge in [-0.2, -0.15) is 13.2 Å². The van der Waals surface area contributed by atoms with Crippen LogP contribution in [0.5, 0.6) is 0 Å². The maximum absolute atomic E-state index is 12.7. The number of anilines is 2. The van der Waals surface area contributed by atoms with Gasteiger partial charge in [-0.15, -0.1) is 11.3 Å². The Morgan fingerprint density at radius 3 is 2.66 bits per heavy atom. The Balaban J connectivity index is 1.39. The first-order valence-corrected chi connectivity index (χ1v) is 10.3. The van der Waals surface area contributed by atoms with Gasteiger partial charge in [-0.05, 0) is 30.5 Å². The monoisotopic (exact) mass is 421 g/mol. The van der Waals surface area contributed by atoms with E-state index in [1.165, 1.54) is 6.33 Å². The molecule has 1 aliphatic heterocycles. The number of nitrogens with zero attached hydrogens (tertiary/aromatic N) is 3. The van der Waals surface area contributed by atoms with Crippen LogP contribution in [0.4, 0.5) is 24.7 Å². The summed E-state index contributed by atoms with van der Waals surface area (Å²) in [6.07, 6.45) is -1.90. The number of alkyl halides is 3. The molecule has 0 spiro atoms. The molecule has 1 aliphatic rings. The van der Waals surface area contributed by atoms with E-state index in [9.17, 15) is 13.2 Å². The first-order valence-electron chi connectivity index (χ1n) is 9.50. The van der Waals surface area contributed by atoms with Crippen LogP contribution in [0.15, 0.2) is 36.7 Å². The van der Waals surface area contributed by atoms with Crippen molar-refractivity contribution < 1.29 is 13.2 Å². The Morgan fingerprint density at radius 2 is 1.93 bits per heavy atom. The number of fused-ring (bicyclic) bond motifs is 1. The number of hydrogen-bond acceptors (Lipinski definition) is 6. The zero-order valence-corrected chi connectivity index (χ0v) is 16.6. The van der Waals surface area contributed by atoms with Crippen molar-refractivity contribution >= 4 is 33.1 Å². The molecule has 3 heterocycles. The third-order valence-electron chi connectivity index (χ3n) is 5.13. The van der Waals surface area contributed by atoms with Gasteiger partial charge in [-0.25, -0.2) is 9.97 Å². The van der Waals surface area contributed by atoms with E-state index in [4.69, 9.17) is 5.73 Å². The van der Waals surface area contributed by atoms with Crippen molar-refractivity contribution in [2.75, 3.05) is 24.1 Å². The van der Waals surface area contributed by atoms with Gasteiger partial charge in [0.1, 0.15) is 17.0 Å². The molecule has 0 amide bonds. The normalized spacial score (nSPS) is 16.4. The molecular weight excluding hydrogens is 399 g/mol. The van der Waals surface area contributed by atoms with E-state index in [0.29, 0.717) is 16.0 Å². The predicted octanol–water partition coefficient (Wildman–Crippen LogP) is 4.45. The van der Waals surface area contributed by atoms with Crippen molar-refractivity contribution in [3.05, 3.63) is 47.1 Å². The van der Waals surface area contributed by atoms with Crippen LogP contribution in [0.1, 0.15) is 23.3 Å². The van der Waals surface area contributed by atoms with Crippen molar-refractivity contribution in [2.45, 2.75) is 38.0 Å². The summed E-state index contributed by atoms with van der Waals surface area (Å²) in [5, 5.41) is 4.08. The predicted molar refractivity (Wildman–Crippen MR) is 110 cm³/mol. The zero-order valence-electron chi connectivity index (χ0n) is 15.7. The molecule has 3 N–H and O–H groups in total. The van der Waals surface area contributed by atoms with Crippen LogP contribution >= 0.6 is 11.3 Å². The Kier molecular flexibility index (Phi) is 5.60. The molecule has 1 fully saturated rings. The molecule has 3 aromatic rings. The van der Waals surface area contributed by atoms with Gasteiger partial charge in [0, 0.05) is 36.2 Å². The quantitative estimate of drug-likeness (QED) is 0.596. The van der Waals surface area contributed by atoms with E-state index in [1.54, 1.807) is 6.07 Å². The summed E-state index contributed by atoms with van der Waals surface area (Å²) in [5.74, 6) is 0.616. The highest BCUT2D eigenvalue weighted by atomic mass is 32.1. The SMILES string of the molecule is Nc1ccccc1CN1CCC(Nc2ncnc3sc(CC(F)(F)F)cc23)CC1. The Morgan fingerprint density at radius 1 is 1.17 bits per heavy atom. The molecule has 0 bridgehead atoms. The topological polar surface area (TPSA) is 67.1 Å². The number of hydrogen-bond donors (Lipinski definition) is 2. The number of aromatic nitrogens is 2. The molecule has 9 heteroatoms. The summed E-state index contributed by atoms with van der Waals surface area (Å²) in [6.45, 7) is 2.66. The van der Waals surface area contributed by atoms with E-state index in [-0.39, 0.29) is 10.9 Å². The van der Waals surface area contributed by atoms with E-state index in [2.05, 4.69) is 20.2 Å². The highest BCUT2D eigenvalue weighted by Gasteiger charge is 2.29. The molecular formula is C20H22F3N5S. The average Bonchev–Trinajstić information content (AvgIpc) is 3.07. The summed E-state index contributed by atoms with van der Waals surface area (Å²) in [5.41, 5.74) is 7.98. The summed E-state index contributed by atoms with van der Waals surface area (Å²) in [6, 6.07) is 9.67. The maximum Gasteiger partial charge on any atom is 0.393 e. The van der Waals surface area contributed by atoms with Crippen LogP contribution in [0, 0.1) is 0 Å². The second kappa shape index (κ2) is 8.16. The van der Waals surface area contributed by atoms with Gasteiger partial charge in [0.15, 0.2) is 0 Å². The maximum atomic E-state index is 12.7. The number of benzene rings is 1. The standard InChI is InChI=1S/C20H22F3N5S/c21-20(22,23)10-15-9-16-18(25-12-26-19(16)29-15)27-14-5-7-28(8-6-14)11-13-3-1-2-4-17(13)24/h1-4,9,12,14H,5-8,10-11,24H2,(H,25,26,27). The Bertz CT molecular complexity index is 980. The molecule has 0 unspecified atom stereocenters. The third kappa shape index (κ3) is 4.97. The van der Waals surface area contributed by atoms with Crippen LogP contribution in [0.25, 0.3) is 10.2 Å². The highest BCUT2D eigenvalue weighted by molar-refractivity contribution is 7.18. The second-order valence-corrected chi connectivity index (χ2v) is 8.45. The first-order chi connectivity index (χ1) is 13.9. The van der Waals surface area contributed by atoms with Crippen molar-refractivity contribution in [1.29, 1.82) is 0 Å². The largest absolute Gasteiger partial charge is 0.398 e. The highest BCUT2D eigenvalue weighted by Crippen LogP contribution is 2.33. The summed E-state index contributed by atoms with van der Waals surface area (Å²) >= 11 is 1.07. The van der Waals surface area contributed by atoms with Gasteiger partial charge in [0.05, 0.1) is 11.8 Å². The van der Waals surface area contributed by atoms with Crippen molar-refractivity contribution in [3.8, 4) is 0 Å². The number of nitrogen functional groups attached to an aromatic ring is 1. The number of likely N-dealkylation sites (tertiary alicyclic amines) is 1. The second-order valence-electron chi connectivity index (χ2n) is 7.34. The molecule has 0 aliphatic carbocycles. The van der Waals surface area contributed by atoms with Crippen LogP contribution < -0.4 is 11.1 Å². The van der Waals surface area contributed by atoms with Crippen LogP contribution in [0.2, 0.25) is 0 Å². The number of piperidine rings is 1. The number of nitrogens with one attached hydrogen (secondary N) is 1. The van der Waals surface area contributed by atoms with Gasteiger partial charge < -0.3 is 11.1 Å². The molecule has 1 saturated heterocycles. The molecule has 0 radical (unpaired) electrons. The molecule has 4 rings (SSSR count). The Hall–Kier alpha value is -2.39. The molecule has 29 heavy (non-hydrogen) atoms. The van der Waals surface area contributed by atoms with Crippen LogP contribution in [0.3, 0.4) is 0 Å². The first kappa shape index (κ1) is 19.9. The summed E-state index contributed by atoms with van der Waals surface area (Å²) in [7, 11) is 0. The van der Waals surface area contributed by atoms with E-state index in [0.717, 1.165) is 55.1 Å². The van der Waals surface area contributed by atoms with Crippen molar-refractivity contribution in [1.82, 2.24) is 14.9 Å². The molecule has 1 aromatic carbocycles. The van der Waals surface area contributed by atoms with E-state index < -0.39 is 12.6 Å². The molecule has 0 atom stereocenters. The zero-order chi connectivity index (χ0) is 20.4. The van der Waals surface area contributed by atoms with Gasteiger partial charge in [-0.1, -0.05) is 18.2 Å². The van der Waals surface area contributed by atoms with Crippen LogP contribution in [-0.4, -0.2) is 40.2 Å². The minimum absolute atomic E-state index is 0.225. The summed E-state index contributed by atoms with van der Waals surface area (Å²) < 4.78 is 38.1. The van der Waals surface area contributed by atoms with Gasteiger partial charge >= 0.3 is 6.18 Å². The lowest BCUT2D eigenvalue weighted by molar-refractivity contribution is -0.126. The fraction of sp³-hybridized carbons (Fsp3) is 0.400. The van der Waals surface area contributed by atoms with Crippen molar-refractivity contribution in [2.24, 2.45) is 0 Å². The third-order valence-corrected chi connectivity index (χ3v) is 6.18. The number of thiophene rings is 1. The average molecular weight is 421 g/mol. The fourth-order valence-electron chi connectivity index (χ4n) is 3.65. The Labute approximate surface area is 170 Å². The summed E-state index contributed by atoms with van der Waals surface area (Å²) in [4.78, 5) is 11.6. The number of para-hydroxylation sites is 1. The van der Waals surface area contributed by atoms with Crippen molar-refractivity contribution in [3.63, 3.8) is 0 Å². The number of nitrogens with two attached hydrogens (primary N) is 1. The van der Waals surface area contributed by atoms with Gasteiger partial charge in [-0.3, -0.25) is 4.90 Å².